The number of pyridine rings is 1. The Kier molecular flexibility index (Phi) is 3.21. The van der Waals surface area contributed by atoms with Gasteiger partial charge in [-0.05, 0) is 38.3 Å². The normalized spacial score (nSPS) is 16.8. The number of nitrogens with one attached hydrogen (secondary N) is 2. The summed E-state index contributed by atoms with van der Waals surface area (Å²) < 4.78 is 1.47. The number of nitrogens with zero attached hydrogens (tertiary/aromatic N) is 1. The van der Waals surface area contributed by atoms with Crippen LogP contribution in [0.25, 0.3) is 5.65 Å². The molecule has 3 rings (SSSR count). The predicted octanol–water partition coefficient (Wildman–Crippen LogP) is 0.530. The third-order valence-corrected chi connectivity index (χ3v) is 3.72. The van der Waals surface area contributed by atoms with Crippen LogP contribution in [0, 0.1) is 5.92 Å². The monoisotopic (exact) mass is 259 g/mol. The van der Waals surface area contributed by atoms with Crippen LogP contribution in [0.4, 0.5) is 0 Å². The van der Waals surface area contributed by atoms with E-state index in [4.69, 9.17) is 0 Å². The molecule has 1 fully saturated rings. The van der Waals surface area contributed by atoms with Crippen LogP contribution in [0.2, 0.25) is 0 Å². The zero-order chi connectivity index (χ0) is 13.2. The molecule has 3 heterocycles. The van der Waals surface area contributed by atoms with E-state index >= 15 is 0 Å². The third kappa shape index (κ3) is 2.61. The van der Waals surface area contributed by atoms with Crippen molar-refractivity contribution in [2.75, 3.05) is 13.1 Å². The van der Waals surface area contributed by atoms with Gasteiger partial charge >= 0.3 is 0 Å². The summed E-state index contributed by atoms with van der Waals surface area (Å²) in [6.07, 6.45) is 4.66. The van der Waals surface area contributed by atoms with Gasteiger partial charge in [-0.3, -0.25) is 14.0 Å². The second kappa shape index (κ2) is 5.01. The summed E-state index contributed by atoms with van der Waals surface area (Å²) in [7, 11) is 0. The minimum Gasteiger partial charge on any atom is -0.345 e. The molecule has 1 saturated heterocycles. The maximum absolute atomic E-state index is 12.0. The molecule has 0 bridgehead atoms. The first kappa shape index (κ1) is 12.2. The molecule has 100 valence electrons. The topological polar surface area (TPSA) is 66.4 Å². The molecular formula is C14H17N3O2. The van der Waals surface area contributed by atoms with Crippen LogP contribution < -0.4 is 16.3 Å². The summed E-state index contributed by atoms with van der Waals surface area (Å²) in [5.74, 6) is 0.606. The second-order valence-corrected chi connectivity index (χ2v) is 5.15. The molecular weight excluding hydrogens is 242 g/mol. The lowest BCUT2D eigenvalue weighted by molar-refractivity contribution is 0.370. The Morgan fingerprint density at radius 2 is 2.00 bits per heavy atom. The van der Waals surface area contributed by atoms with E-state index in [9.17, 15) is 9.59 Å². The quantitative estimate of drug-likeness (QED) is 0.826. The maximum Gasteiger partial charge on any atom is 0.257 e. The summed E-state index contributed by atoms with van der Waals surface area (Å²) in [6.45, 7) is 2.09. The van der Waals surface area contributed by atoms with Crippen LogP contribution in [0.1, 0.15) is 18.5 Å². The Morgan fingerprint density at radius 3 is 2.79 bits per heavy atom. The van der Waals surface area contributed by atoms with E-state index < -0.39 is 0 Å². The lowest BCUT2D eigenvalue weighted by atomic mass is 9.93. The summed E-state index contributed by atoms with van der Waals surface area (Å²) in [5, 5.41) is 3.33. The van der Waals surface area contributed by atoms with Crippen molar-refractivity contribution in [3.8, 4) is 0 Å². The van der Waals surface area contributed by atoms with Crippen molar-refractivity contribution in [2.45, 2.75) is 19.3 Å². The highest BCUT2D eigenvalue weighted by atomic mass is 16.1. The van der Waals surface area contributed by atoms with Crippen LogP contribution >= 0.6 is 0 Å². The van der Waals surface area contributed by atoms with Crippen LogP contribution in [0.5, 0.6) is 0 Å². The molecule has 0 saturated carbocycles. The Labute approximate surface area is 110 Å². The van der Waals surface area contributed by atoms with E-state index in [0.717, 1.165) is 38.0 Å². The standard InChI is InChI=1S/C14H17N3O2/c18-12-3-6-17-13(9-12)16-11(8-14(17)19)7-10-1-4-15-5-2-10/h3,6,8-10,15-16H,1-2,4-5,7H2. The molecule has 0 spiro atoms. The van der Waals surface area contributed by atoms with Crippen molar-refractivity contribution in [1.29, 1.82) is 0 Å². The summed E-state index contributed by atoms with van der Waals surface area (Å²) in [6, 6.07) is 4.50. The highest BCUT2D eigenvalue weighted by molar-refractivity contribution is 5.38. The van der Waals surface area contributed by atoms with E-state index in [1.807, 2.05) is 0 Å². The molecule has 2 aromatic rings. The van der Waals surface area contributed by atoms with E-state index in [0.29, 0.717) is 11.6 Å². The van der Waals surface area contributed by atoms with Crippen molar-refractivity contribution >= 4 is 5.65 Å². The van der Waals surface area contributed by atoms with Crippen LogP contribution in [0.15, 0.2) is 34.0 Å². The maximum atomic E-state index is 12.0. The summed E-state index contributed by atoms with van der Waals surface area (Å²) in [4.78, 5) is 26.5. The highest BCUT2D eigenvalue weighted by Crippen LogP contribution is 2.16. The first-order valence-electron chi connectivity index (χ1n) is 6.68. The lowest BCUT2D eigenvalue weighted by Crippen LogP contribution is -2.29. The smallest absolute Gasteiger partial charge is 0.257 e. The van der Waals surface area contributed by atoms with Crippen molar-refractivity contribution in [3.05, 3.63) is 50.7 Å². The molecule has 19 heavy (non-hydrogen) atoms. The van der Waals surface area contributed by atoms with Crippen LogP contribution in [-0.4, -0.2) is 22.5 Å². The van der Waals surface area contributed by atoms with Crippen molar-refractivity contribution < 1.29 is 0 Å². The van der Waals surface area contributed by atoms with Gasteiger partial charge in [-0.1, -0.05) is 0 Å². The molecule has 2 N–H and O–H groups in total. The summed E-state index contributed by atoms with van der Waals surface area (Å²) in [5.41, 5.74) is 1.32. The van der Waals surface area contributed by atoms with E-state index in [2.05, 4.69) is 10.3 Å². The predicted molar refractivity (Wildman–Crippen MR) is 73.6 cm³/mol. The Balaban J connectivity index is 1.95. The SMILES string of the molecule is O=c1ccn2c(=O)cc(CC3CCNCC3)[nH]c2c1. The first-order valence-corrected chi connectivity index (χ1v) is 6.68. The van der Waals surface area contributed by atoms with Gasteiger partial charge in [-0.15, -0.1) is 0 Å². The second-order valence-electron chi connectivity index (χ2n) is 5.15. The van der Waals surface area contributed by atoms with Gasteiger partial charge in [-0.2, -0.15) is 0 Å². The Hall–Kier alpha value is -1.88. The van der Waals surface area contributed by atoms with Gasteiger partial charge in [0.1, 0.15) is 5.65 Å². The van der Waals surface area contributed by atoms with Crippen molar-refractivity contribution in [2.24, 2.45) is 5.92 Å². The molecule has 0 radical (unpaired) electrons. The lowest BCUT2D eigenvalue weighted by Gasteiger charge is -2.22. The average molecular weight is 259 g/mol. The number of rotatable bonds is 2. The molecule has 2 aromatic heterocycles. The minimum atomic E-state index is -0.0883. The molecule has 5 heteroatoms. The number of H-pyrrole nitrogens is 1. The molecule has 1 aliphatic rings. The number of hydrogen-bond donors (Lipinski definition) is 2. The molecule has 0 aliphatic carbocycles. The van der Waals surface area contributed by atoms with Gasteiger partial charge in [0, 0.05) is 30.1 Å². The van der Waals surface area contributed by atoms with E-state index in [1.54, 1.807) is 6.07 Å². The van der Waals surface area contributed by atoms with Crippen LogP contribution in [-0.2, 0) is 6.42 Å². The highest BCUT2D eigenvalue weighted by Gasteiger charge is 2.14. The molecule has 0 unspecified atom stereocenters. The van der Waals surface area contributed by atoms with Gasteiger partial charge in [0.15, 0.2) is 5.43 Å². The van der Waals surface area contributed by atoms with Crippen molar-refractivity contribution in [1.82, 2.24) is 14.7 Å². The number of fused-ring (bicyclic) bond motifs is 1. The number of aromatic amines is 1. The Morgan fingerprint density at radius 1 is 1.21 bits per heavy atom. The third-order valence-electron chi connectivity index (χ3n) is 3.72. The van der Waals surface area contributed by atoms with E-state index in [1.165, 1.54) is 22.7 Å². The zero-order valence-electron chi connectivity index (χ0n) is 10.7. The van der Waals surface area contributed by atoms with Crippen molar-refractivity contribution in [3.63, 3.8) is 0 Å². The molecule has 0 aromatic carbocycles. The molecule has 0 atom stereocenters. The number of hydrogen-bond acceptors (Lipinski definition) is 3. The fourth-order valence-electron chi connectivity index (χ4n) is 2.70. The van der Waals surface area contributed by atoms with Gasteiger partial charge < -0.3 is 10.3 Å². The fourth-order valence-corrected chi connectivity index (χ4v) is 2.70. The van der Waals surface area contributed by atoms with Crippen LogP contribution in [0.3, 0.4) is 0 Å². The Bertz CT molecular complexity index is 696. The molecule has 0 amide bonds. The van der Waals surface area contributed by atoms with Gasteiger partial charge in [0.25, 0.3) is 5.56 Å². The largest absolute Gasteiger partial charge is 0.345 e. The summed E-state index contributed by atoms with van der Waals surface area (Å²) >= 11 is 0. The first-order chi connectivity index (χ1) is 9.22. The van der Waals surface area contributed by atoms with Gasteiger partial charge in [-0.25, -0.2) is 0 Å². The van der Waals surface area contributed by atoms with Gasteiger partial charge in [0.2, 0.25) is 0 Å². The van der Waals surface area contributed by atoms with E-state index in [-0.39, 0.29) is 11.0 Å². The fraction of sp³-hybridized carbons (Fsp3) is 0.429. The minimum absolute atomic E-state index is 0.0855. The molecule has 1 aliphatic heterocycles. The molecule has 5 nitrogen and oxygen atoms in total. The zero-order valence-corrected chi connectivity index (χ0v) is 10.7. The average Bonchev–Trinajstić information content (AvgIpc) is 2.39. The van der Waals surface area contributed by atoms with Gasteiger partial charge in [0.05, 0.1) is 0 Å². The number of piperidine rings is 1. The number of aromatic nitrogens is 2.